The van der Waals surface area contributed by atoms with Crippen molar-refractivity contribution in [2.75, 3.05) is 23.5 Å². The maximum atomic E-state index is 12.3. The van der Waals surface area contributed by atoms with Gasteiger partial charge in [-0.15, -0.1) is 0 Å². The van der Waals surface area contributed by atoms with Gasteiger partial charge in [0.05, 0.1) is 28.1 Å². The quantitative estimate of drug-likeness (QED) is 0.458. The maximum Gasteiger partial charge on any atom is 0.157 e. The van der Waals surface area contributed by atoms with Crippen LogP contribution in [0.2, 0.25) is 0 Å². The molecule has 33 heavy (non-hydrogen) atoms. The third-order valence-electron chi connectivity index (χ3n) is 6.92. The van der Waals surface area contributed by atoms with Gasteiger partial charge in [0.1, 0.15) is 11.9 Å². The summed E-state index contributed by atoms with van der Waals surface area (Å²) in [5, 5.41) is 10.1. The van der Waals surface area contributed by atoms with Crippen molar-refractivity contribution in [1.82, 2.24) is 9.38 Å². The Labute approximate surface area is 194 Å². The Morgan fingerprint density at radius 3 is 2.58 bits per heavy atom. The van der Waals surface area contributed by atoms with Crippen molar-refractivity contribution in [2.24, 2.45) is 0 Å². The standard InChI is InChI=1S/C26H26N4O2S/c1-17-8-4-5-9-19(17)14-21-18(2)22(15-27)25-28-23-10-6-7-11-24(23)30(25)26(21)29(3)20-12-13-33(31,32)16-20/h4-11,20H,12-14,16H2,1-3H3. The molecule has 4 aromatic rings. The number of pyridine rings is 1. The van der Waals surface area contributed by atoms with E-state index in [0.29, 0.717) is 24.1 Å². The number of benzene rings is 2. The first-order chi connectivity index (χ1) is 15.8. The van der Waals surface area contributed by atoms with E-state index in [-0.39, 0.29) is 17.5 Å². The molecule has 1 unspecified atom stereocenters. The van der Waals surface area contributed by atoms with Crippen molar-refractivity contribution in [1.29, 1.82) is 5.26 Å². The molecule has 5 rings (SSSR count). The number of hydrogen-bond acceptors (Lipinski definition) is 5. The highest BCUT2D eigenvalue weighted by Gasteiger charge is 2.34. The Bertz CT molecular complexity index is 1550. The highest BCUT2D eigenvalue weighted by Crippen LogP contribution is 2.36. The Morgan fingerprint density at radius 2 is 1.88 bits per heavy atom. The molecular weight excluding hydrogens is 432 g/mol. The molecule has 3 heterocycles. The van der Waals surface area contributed by atoms with E-state index in [1.807, 2.05) is 50.4 Å². The summed E-state index contributed by atoms with van der Waals surface area (Å²) in [6.07, 6.45) is 1.24. The number of rotatable bonds is 4. The van der Waals surface area contributed by atoms with Gasteiger partial charge in [-0.3, -0.25) is 4.40 Å². The van der Waals surface area contributed by atoms with Crippen LogP contribution in [0.15, 0.2) is 48.5 Å². The van der Waals surface area contributed by atoms with Crippen molar-refractivity contribution in [3.05, 3.63) is 76.3 Å². The minimum atomic E-state index is -3.05. The first-order valence-corrected chi connectivity index (χ1v) is 12.9. The molecule has 7 heteroatoms. The second kappa shape index (κ2) is 7.89. The van der Waals surface area contributed by atoms with Gasteiger partial charge in [0.25, 0.3) is 0 Å². The molecule has 1 fully saturated rings. The number of nitrogens with zero attached hydrogens (tertiary/aromatic N) is 4. The average molecular weight is 459 g/mol. The summed E-state index contributed by atoms with van der Waals surface area (Å²) >= 11 is 0. The van der Waals surface area contributed by atoms with Crippen LogP contribution >= 0.6 is 0 Å². The zero-order valence-electron chi connectivity index (χ0n) is 19.0. The molecule has 0 spiro atoms. The zero-order valence-corrected chi connectivity index (χ0v) is 19.9. The van der Waals surface area contributed by atoms with Gasteiger partial charge < -0.3 is 4.90 Å². The number of aromatic nitrogens is 2. The highest BCUT2D eigenvalue weighted by atomic mass is 32.2. The van der Waals surface area contributed by atoms with Gasteiger partial charge in [-0.2, -0.15) is 5.26 Å². The lowest BCUT2D eigenvalue weighted by Gasteiger charge is -2.30. The normalized spacial score (nSPS) is 17.5. The topological polar surface area (TPSA) is 78.5 Å². The van der Waals surface area contributed by atoms with Gasteiger partial charge in [0.15, 0.2) is 15.5 Å². The van der Waals surface area contributed by atoms with Gasteiger partial charge in [-0.1, -0.05) is 36.4 Å². The van der Waals surface area contributed by atoms with Gasteiger partial charge >= 0.3 is 0 Å². The van der Waals surface area contributed by atoms with Crippen molar-refractivity contribution in [2.45, 2.75) is 32.7 Å². The highest BCUT2D eigenvalue weighted by molar-refractivity contribution is 7.91. The number of sulfone groups is 1. The number of anilines is 1. The molecular formula is C26H26N4O2S. The Balaban J connectivity index is 1.84. The van der Waals surface area contributed by atoms with Gasteiger partial charge in [-0.05, 0) is 49.1 Å². The van der Waals surface area contributed by atoms with Crippen LogP contribution in [0, 0.1) is 25.2 Å². The summed E-state index contributed by atoms with van der Waals surface area (Å²) in [5.74, 6) is 1.26. The third-order valence-corrected chi connectivity index (χ3v) is 8.67. The Morgan fingerprint density at radius 1 is 1.15 bits per heavy atom. The van der Waals surface area contributed by atoms with Gasteiger partial charge in [-0.25, -0.2) is 13.4 Å². The molecule has 0 bridgehead atoms. The molecule has 1 atom stereocenters. The third kappa shape index (κ3) is 3.55. The van der Waals surface area contributed by atoms with E-state index >= 15 is 0 Å². The predicted molar refractivity (Wildman–Crippen MR) is 132 cm³/mol. The molecule has 0 N–H and O–H groups in total. The lowest BCUT2D eigenvalue weighted by Crippen LogP contribution is -2.35. The van der Waals surface area contributed by atoms with Crippen molar-refractivity contribution in [3.8, 4) is 6.07 Å². The van der Waals surface area contributed by atoms with Crippen LogP contribution < -0.4 is 4.90 Å². The molecule has 0 amide bonds. The SMILES string of the molecule is Cc1ccccc1Cc1c(C)c(C#N)c2nc3ccccc3n2c1N(C)C1CCS(=O)(=O)C1. The van der Waals surface area contributed by atoms with E-state index in [1.54, 1.807) is 0 Å². The fraction of sp³-hybridized carbons (Fsp3) is 0.308. The van der Waals surface area contributed by atoms with Gasteiger partial charge in [0.2, 0.25) is 0 Å². The average Bonchev–Trinajstić information content (AvgIpc) is 3.35. The zero-order chi connectivity index (χ0) is 23.3. The van der Waals surface area contributed by atoms with Crippen molar-refractivity contribution >= 4 is 32.3 Å². The summed E-state index contributed by atoms with van der Waals surface area (Å²) in [5.41, 5.74) is 7.20. The lowest BCUT2D eigenvalue weighted by atomic mass is 9.95. The molecule has 2 aromatic heterocycles. The van der Waals surface area contributed by atoms with Crippen LogP contribution in [0.25, 0.3) is 16.7 Å². The van der Waals surface area contributed by atoms with E-state index in [4.69, 9.17) is 4.98 Å². The van der Waals surface area contributed by atoms with Crippen LogP contribution in [0.1, 0.15) is 34.2 Å². The summed E-state index contributed by atoms with van der Waals surface area (Å²) in [4.78, 5) is 6.91. The lowest BCUT2D eigenvalue weighted by molar-refractivity contribution is 0.600. The molecule has 1 aliphatic rings. The predicted octanol–water partition coefficient (Wildman–Crippen LogP) is 4.19. The smallest absolute Gasteiger partial charge is 0.157 e. The van der Waals surface area contributed by atoms with Crippen LogP contribution in [0.4, 0.5) is 5.82 Å². The summed E-state index contributed by atoms with van der Waals surface area (Å²) in [6.45, 7) is 4.07. The first kappa shape index (κ1) is 21.5. The van der Waals surface area contributed by atoms with Gasteiger partial charge in [0, 0.05) is 25.1 Å². The number of hydrogen-bond donors (Lipinski definition) is 0. The number of aryl methyl sites for hydroxylation is 1. The molecule has 0 radical (unpaired) electrons. The van der Waals surface area contributed by atoms with E-state index in [2.05, 4.69) is 34.4 Å². The number of nitriles is 1. The van der Waals surface area contributed by atoms with E-state index in [1.165, 1.54) is 11.1 Å². The largest absolute Gasteiger partial charge is 0.356 e. The molecule has 6 nitrogen and oxygen atoms in total. The minimum absolute atomic E-state index is 0.123. The monoisotopic (exact) mass is 458 g/mol. The number of imidazole rings is 1. The van der Waals surface area contributed by atoms with E-state index in [0.717, 1.165) is 28.0 Å². The summed E-state index contributed by atoms with van der Waals surface area (Å²) in [7, 11) is -1.08. The van der Waals surface area contributed by atoms with Crippen LogP contribution in [0.3, 0.4) is 0 Å². The minimum Gasteiger partial charge on any atom is -0.356 e. The second-order valence-corrected chi connectivity index (χ2v) is 11.2. The van der Waals surface area contributed by atoms with E-state index < -0.39 is 9.84 Å². The molecule has 2 aromatic carbocycles. The molecule has 1 saturated heterocycles. The maximum absolute atomic E-state index is 12.3. The van der Waals surface area contributed by atoms with E-state index in [9.17, 15) is 13.7 Å². The molecule has 0 aliphatic carbocycles. The molecule has 168 valence electrons. The number of para-hydroxylation sites is 2. The summed E-state index contributed by atoms with van der Waals surface area (Å²) in [6, 6.07) is 18.4. The molecule has 1 aliphatic heterocycles. The van der Waals surface area contributed by atoms with Crippen LogP contribution in [0.5, 0.6) is 0 Å². The fourth-order valence-electron chi connectivity index (χ4n) is 5.00. The Kier molecular flexibility index (Phi) is 5.13. The summed E-state index contributed by atoms with van der Waals surface area (Å²) < 4.78 is 26.7. The van der Waals surface area contributed by atoms with Crippen LogP contribution in [-0.2, 0) is 16.3 Å². The first-order valence-electron chi connectivity index (χ1n) is 11.1. The molecule has 0 saturated carbocycles. The van der Waals surface area contributed by atoms with Crippen molar-refractivity contribution in [3.63, 3.8) is 0 Å². The van der Waals surface area contributed by atoms with Crippen molar-refractivity contribution < 1.29 is 8.42 Å². The second-order valence-electron chi connectivity index (χ2n) is 8.94. The Hall–Kier alpha value is -3.37. The van der Waals surface area contributed by atoms with Crippen LogP contribution in [-0.4, -0.2) is 42.4 Å². The fourth-order valence-corrected chi connectivity index (χ4v) is 6.77. The number of fused-ring (bicyclic) bond motifs is 3.